The standard InChI is InChI=1S/C24H19N3O3/c28-21(22-25-18-11-5-6-12-19(18)26-22)14-24(30)17-10-4-7-13-20(17)27(23(24)29)15-16-8-2-1-3-9-16/h1-13,30H,14-15H2,(H,25,26). The van der Waals surface area contributed by atoms with E-state index in [1.807, 2.05) is 54.6 Å². The summed E-state index contributed by atoms with van der Waals surface area (Å²) in [5.41, 5.74) is 1.46. The van der Waals surface area contributed by atoms with Gasteiger partial charge in [0.15, 0.2) is 11.4 Å². The van der Waals surface area contributed by atoms with Crippen molar-refractivity contribution in [3.8, 4) is 0 Å². The van der Waals surface area contributed by atoms with Gasteiger partial charge in [-0.2, -0.15) is 0 Å². The van der Waals surface area contributed by atoms with E-state index in [-0.39, 0.29) is 12.2 Å². The lowest BCUT2D eigenvalue weighted by Gasteiger charge is -2.22. The summed E-state index contributed by atoms with van der Waals surface area (Å²) in [5.74, 6) is -0.785. The van der Waals surface area contributed by atoms with Crippen molar-refractivity contribution in [2.75, 3.05) is 4.90 Å². The highest BCUT2D eigenvalue weighted by molar-refractivity contribution is 6.10. The molecule has 0 radical (unpaired) electrons. The average Bonchev–Trinajstić information content (AvgIpc) is 3.29. The van der Waals surface area contributed by atoms with Crippen LogP contribution in [0.15, 0.2) is 78.9 Å². The van der Waals surface area contributed by atoms with Crippen LogP contribution in [0.3, 0.4) is 0 Å². The molecule has 0 saturated carbocycles. The molecule has 30 heavy (non-hydrogen) atoms. The van der Waals surface area contributed by atoms with Crippen molar-refractivity contribution in [3.63, 3.8) is 0 Å². The van der Waals surface area contributed by atoms with Crippen molar-refractivity contribution >= 4 is 28.4 Å². The number of aromatic nitrogens is 2. The van der Waals surface area contributed by atoms with Crippen molar-refractivity contribution in [1.29, 1.82) is 0 Å². The van der Waals surface area contributed by atoms with Crippen molar-refractivity contribution < 1.29 is 14.7 Å². The average molecular weight is 397 g/mol. The number of H-pyrrole nitrogens is 1. The van der Waals surface area contributed by atoms with Gasteiger partial charge in [-0.05, 0) is 23.8 Å². The van der Waals surface area contributed by atoms with Crippen LogP contribution < -0.4 is 4.90 Å². The van der Waals surface area contributed by atoms with E-state index >= 15 is 0 Å². The fourth-order valence-corrected chi connectivity index (χ4v) is 4.00. The van der Waals surface area contributed by atoms with E-state index in [0.29, 0.717) is 23.3 Å². The number of hydrogen-bond acceptors (Lipinski definition) is 4. The van der Waals surface area contributed by atoms with Crippen LogP contribution in [-0.4, -0.2) is 26.8 Å². The maximum atomic E-state index is 13.3. The monoisotopic (exact) mass is 397 g/mol. The smallest absolute Gasteiger partial charge is 0.264 e. The minimum Gasteiger partial charge on any atom is -0.375 e. The third-order valence-electron chi connectivity index (χ3n) is 5.49. The predicted molar refractivity (Wildman–Crippen MR) is 113 cm³/mol. The van der Waals surface area contributed by atoms with Gasteiger partial charge in [0.05, 0.1) is 29.7 Å². The third kappa shape index (κ3) is 2.89. The molecule has 4 aromatic rings. The van der Waals surface area contributed by atoms with Crippen LogP contribution in [-0.2, 0) is 16.9 Å². The number of aromatic amines is 1. The zero-order valence-corrected chi connectivity index (χ0v) is 16.1. The van der Waals surface area contributed by atoms with Crippen molar-refractivity contribution in [2.24, 2.45) is 0 Å². The van der Waals surface area contributed by atoms with E-state index in [1.165, 1.54) is 4.90 Å². The number of imidazole rings is 1. The molecule has 3 aromatic carbocycles. The Hall–Kier alpha value is -3.77. The molecule has 1 aliphatic rings. The van der Waals surface area contributed by atoms with Gasteiger partial charge < -0.3 is 15.0 Å². The van der Waals surface area contributed by atoms with Gasteiger partial charge in [0.25, 0.3) is 5.91 Å². The molecule has 1 amide bonds. The Bertz CT molecular complexity index is 1230. The Morgan fingerprint density at radius 1 is 0.967 bits per heavy atom. The second-order valence-electron chi connectivity index (χ2n) is 7.46. The van der Waals surface area contributed by atoms with Gasteiger partial charge in [-0.15, -0.1) is 0 Å². The van der Waals surface area contributed by atoms with Crippen LogP contribution in [0.25, 0.3) is 11.0 Å². The molecule has 2 N–H and O–H groups in total. The summed E-state index contributed by atoms with van der Waals surface area (Å²) in [6, 6.07) is 23.9. The lowest BCUT2D eigenvalue weighted by atomic mass is 9.90. The number of rotatable bonds is 5. The highest BCUT2D eigenvalue weighted by Crippen LogP contribution is 2.43. The summed E-state index contributed by atoms with van der Waals surface area (Å²) in [4.78, 5) is 35.1. The number of nitrogens with zero attached hydrogens (tertiary/aromatic N) is 2. The summed E-state index contributed by atoms with van der Waals surface area (Å²) in [5, 5.41) is 11.4. The minimum absolute atomic E-state index is 0.136. The number of benzene rings is 3. The van der Waals surface area contributed by atoms with Crippen molar-refractivity contribution in [3.05, 3.63) is 95.8 Å². The van der Waals surface area contributed by atoms with Crippen LogP contribution in [0.5, 0.6) is 0 Å². The van der Waals surface area contributed by atoms with Gasteiger partial charge in [0.1, 0.15) is 0 Å². The van der Waals surface area contributed by atoms with Gasteiger partial charge in [0, 0.05) is 5.56 Å². The molecule has 5 rings (SSSR count). The van der Waals surface area contributed by atoms with Gasteiger partial charge in [0.2, 0.25) is 5.78 Å². The van der Waals surface area contributed by atoms with Crippen LogP contribution in [0.2, 0.25) is 0 Å². The maximum absolute atomic E-state index is 13.3. The number of carbonyl (C=O) groups is 2. The number of para-hydroxylation sites is 3. The molecule has 0 saturated heterocycles. The zero-order chi connectivity index (χ0) is 20.7. The summed E-state index contributed by atoms with van der Waals surface area (Å²) in [7, 11) is 0. The number of ketones is 1. The second kappa shape index (κ2) is 6.93. The maximum Gasteiger partial charge on any atom is 0.264 e. The van der Waals surface area contributed by atoms with Gasteiger partial charge >= 0.3 is 0 Å². The van der Waals surface area contributed by atoms with Crippen LogP contribution >= 0.6 is 0 Å². The number of Topliss-reactive ketones (excluding diaryl/α,β-unsaturated/α-hetero) is 1. The zero-order valence-electron chi connectivity index (χ0n) is 16.1. The van der Waals surface area contributed by atoms with Gasteiger partial charge in [-0.3, -0.25) is 9.59 Å². The summed E-state index contributed by atoms with van der Waals surface area (Å²) >= 11 is 0. The van der Waals surface area contributed by atoms with E-state index in [2.05, 4.69) is 9.97 Å². The van der Waals surface area contributed by atoms with Crippen molar-refractivity contribution in [2.45, 2.75) is 18.6 Å². The predicted octanol–water partition coefficient (Wildman–Crippen LogP) is 3.57. The summed E-state index contributed by atoms with van der Waals surface area (Å²) < 4.78 is 0. The first-order chi connectivity index (χ1) is 14.6. The van der Waals surface area contributed by atoms with E-state index in [9.17, 15) is 14.7 Å². The molecule has 1 aliphatic heterocycles. The Labute approximate surface area is 172 Å². The normalized spacial score (nSPS) is 18.0. The molecule has 6 nitrogen and oxygen atoms in total. The highest BCUT2D eigenvalue weighted by atomic mass is 16.3. The largest absolute Gasteiger partial charge is 0.375 e. The molecule has 2 heterocycles. The Morgan fingerprint density at radius 3 is 2.47 bits per heavy atom. The molecule has 148 valence electrons. The highest BCUT2D eigenvalue weighted by Gasteiger charge is 2.51. The van der Waals surface area contributed by atoms with E-state index in [0.717, 1.165) is 11.1 Å². The summed E-state index contributed by atoms with van der Waals surface area (Å²) in [6.45, 7) is 0.317. The fourth-order valence-electron chi connectivity index (χ4n) is 4.00. The SMILES string of the molecule is O=C(CC1(O)C(=O)N(Cc2ccccc2)c2ccccc21)c1nc2ccccc2[nH]1. The van der Waals surface area contributed by atoms with E-state index < -0.39 is 17.3 Å². The topological polar surface area (TPSA) is 86.3 Å². The van der Waals surface area contributed by atoms with Gasteiger partial charge in [-0.1, -0.05) is 60.7 Å². The first-order valence-corrected chi connectivity index (χ1v) is 9.72. The number of amides is 1. The number of fused-ring (bicyclic) bond motifs is 2. The summed E-state index contributed by atoms with van der Waals surface area (Å²) in [6.07, 6.45) is -0.381. The molecule has 1 unspecified atom stereocenters. The second-order valence-corrected chi connectivity index (χ2v) is 7.46. The lowest BCUT2D eigenvalue weighted by Crippen LogP contribution is -2.41. The molecule has 0 aliphatic carbocycles. The molecule has 0 bridgehead atoms. The Kier molecular flexibility index (Phi) is 4.22. The number of aliphatic hydroxyl groups is 1. The minimum atomic E-state index is -1.93. The quantitative estimate of drug-likeness (QED) is 0.504. The van der Waals surface area contributed by atoms with Crippen LogP contribution in [0.4, 0.5) is 5.69 Å². The molecular formula is C24H19N3O3. The first-order valence-electron chi connectivity index (χ1n) is 9.72. The van der Waals surface area contributed by atoms with Crippen molar-refractivity contribution in [1.82, 2.24) is 9.97 Å². The molecular weight excluding hydrogens is 378 g/mol. The number of anilines is 1. The fraction of sp³-hybridized carbons (Fsp3) is 0.125. The molecule has 1 atom stereocenters. The van der Waals surface area contributed by atoms with Crippen LogP contribution in [0, 0.1) is 0 Å². The van der Waals surface area contributed by atoms with E-state index in [4.69, 9.17) is 0 Å². The molecule has 6 heteroatoms. The molecule has 1 aromatic heterocycles. The molecule has 0 spiro atoms. The number of hydrogen-bond donors (Lipinski definition) is 2. The lowest BCUT2D eigenvalue weighted by molar-refractivity contribution is -0.136. The first kappa shape index (κ1) is 18.3. The van der Waals surface area contributed by atoms with Crippen LogP contribution in [0.1, 0.15) is 28.2 Å². The van der Waals surface area contributed by atoms with Gasteiger partial charge in [-0.25, -0.2) is 4.98 Å². The number of carbonyl (C=O) groups excluding carboxylic acids is 2. The van der Waals surface area contributed by atoms with E-state index in [1.54, 1.807) is 24.3 Å². The third-order valence-corrected chi connectivity index (χ3v) is 5.49. The Morgan fingerprint density at radius 2 is 1.67 bits per heavy atom. The number of nitrogens with one attached hydrogen (secondary N) is 1. The molecule has 0 fully saturated rings. The Balaban J connectivity index is 1.49.